The van der Waals surface area contributed by atoms with Crippen molar-refractivity contribution >= 4 is 10.0 Å². The Bertz CT molecular complexity index is 866. The Morgan fingerprint density at radius 3 is 2.35 bits per heavy atom. The number of likely N-dealkylation sites (N-methyl/N-ethyl adjacent to an activating group) is 1. The van der Waals surface area contributed by atoms with Gasteiger partial charge in [-0.1, -0.05) is 42.5 Å². The van der Waals surface area contributed by atoms with Crippen LogP contribution >= 0.6 is 0 Å². The highest BCUT2D eigenvalue weighted by Gasteiger charge is 2.35. The van der Waals surface area contributed by atoms with Crippen LogP contribution in [0.5, 0.6) is 0 Å². The van der Waals surface area contributed by atoms with Crippen molar-refractivity contribution < 1.29 is 12.8 Å². The van der Waals surface area contributed by atoms with Gasteiger partial charge in [-0.05, 0) is 38.1 Å². The van der Waals surface area contributed by atoms with E-state index in [0.29, 0.717) is 12.1 Å². The van der Waals surface area contributed by atoms with Crippen molar-refractivity contribution in [1.29, 1.82) is 0 Å². The summed E-state index contributed by atoms with van der Waals surface area (Å²) in [7, 11) is -1.34. The second-order valence-electron chi connectivity index (χ2n) is 7.25. The maximum absolute atomic E-state index is 14.0. The Kier molecular flexibility index (Phi) is 5.46. The number of halogens is 1. The lowest BCUT2D eigenvalue weighted by atomic mass is 9.93. The first-order valence-corrected chi connectivity index (χ1v) is 10.4. The number of sulfonamides is 1. The molecule has 0 aliphatic carbocycles. The lowest BCUT2D eigenvalue weighted by Crippen LogP contribution is -2.42. The standard InChI is InChI=1S/C20H25FN2O2S/c1-14(2)26(24,25)22-20-13-23(3)12-18(20)16-10-8-15(9-11-16)17-6-4-5-7-19(17)21/h4-11,14,18,20,22H,12-13H2,1-3H3/t18-,20+/m1/s1. The van der Waals surface area contributed by atoms with E-state index in [1.165, 1.54) is 6.07 Å². The summed E-state index contributed by atoms with van der Waals surface area (Å²) >= 11 is 0. The zero-order valence-electron chi connectivity index (χ0n) is 15.3. The Labute approximate surface area is 155 Å². The smallest absolute Gasteiger partial charge is 0.214 e. The van der Waals surface area contributed by atoms with Crippen LogP contribution in [0.3, 0.4) is 0 Å². The number of likely N-dealkylation sites (tertiary alicyclic amines) is 1. The number of nitrogens with one attached hydrogen (secondary N) is 1. The minimum absolute atomic E-state index is 0.0724. The fourth-order valence-corrected chi connectivity index (χ4v) is 4.34. The Morgan fingerprint density at radius 1 is 1.08 bits per heavy atom. The molecule has 1 aliphatic heterocycles. The van der Waals surface area contributed by atoms with Crippen molar-refractivity contribution in [1.82, 2.24) is 9.62 Å². The predicted octanol–water partition coefficient (Wildman–Crippen LogP) is 3.22. The van der Waals surface area contributed by atoms with Gasteiger partial charge in [-0.2, -0.15) is 0 Å². The summed E-state index contributed by atoms with van der Waals surface area (Å²) < 4.78 is 41.4. The zero-order valence-corrected chi connectivity index (χ0v) is 16.1. The number of hydrogen-bond acceptors (Lipinski definition) is 3. The van der Waals surface area contributed by atoms with Gasteiger partial charge in [-0.15, -0.1) is 0 Å². The molecule has 6 heteroatoms. The molecule has 3 rings (SSSR count). The molecule has 0 saturated carbocycles. The molecule has 1 aliphatic rings. The van der Waals surface area contributed by atoms with Gasteiger partial charge in [0.05, 0.1) is 5.25 Å². The molecule has 2 aromatic rings. The maximum Gasteiger partial charge on any atom is 0.214 e. The summed E-state index contributed by atoms with van der Waals surface area (Å²) in [4.78, 5) is 2.13. The number of rotatable bonds is 5. The lowest BCUT2D eigenvalue weighted by molar-refractivity contribution is 0.404. The molecular formula is C20H25FN2O2S. The molecule has 26 heavy (non-hydrogen) atoms. The van der Waals surface area contributed by atoms with Gasteiger partial charge in [-0.25, -0.2) is 17.5 Å². The van der Waals surface area contributed by atoms with Gasteiger partial charge in [0.2, 0.25) is 10.0 Å². The van der Waals surface area contributed by atoms with Crippen LogP contribution in [0.4, 0.5) is 4.39 Å². The Hall–Kier alpha value is -1.76. The summed E-state index contributed by atoms with van der Waals surface area (Å²) in [6.45, 7) is 4.81. The summed E-state index contributed by atoms with van der Waals surface area (Å²) in [6, 6.07) is 14.3. The van der Waals surface area contributed by atoms with Gasteiger partial charge in [0.1, 0.15) is 5.82 Å². The molecule has 1 saturated heterocycles. The molecule has 0 aromatic heterocycles. The largest absolute Gasteiger partial charge is 0.304 e. The first kappa shape index (κ1) is 19.0. The van der Waals surface area contributed by atoms with E-state index in [0.717, 1.165) is 17.7 Å². The first-order valence-electron chi connectivity index (χ1n) is 8.82. The summed E-state index contributed by atoms with van der Waals surface area (Å²) in [5, 5.41) is -0.461. The molecule has 0 amide bonds. The fraction of sp³-hybridized carbons (Fsp3) is 0.400. The van der Waals surface area contributed by atoms with Gasteiger partial charge < -0.3 is 4.90 Å². The molecule has 2 aromatic carbocycles. The Morgan fingerprint density at radius 2 is 1.73 bits per heavy atom. The van der Waals surface area contributed by atoms with Crippen LogP contribution in [0, 0.1) is 5.82 Å². The number of nitrogens with zero attached hydrogens (tertiary/aromatic N) is 1. The van der Waals surface area contributed by atoms with Crippen LogP contribution in [0.2, 0.25) is 0 Å². The quantitative estimate of drug-likeness (QED) is 0.872. The maximum atomic E-state index is 14.0. The normalized spacial score (nSPS) is 21.4. The predicted molar refractivity (Wildman–Crippen MR) is 103 cm³/mol. The highest BCUT2D eigenvalue weighted by atomic mass is 32.2. The van der Waals surface area contributed by atoms with Crippen molar-refractivity contribution in [3.05, 3.63) is 59.9 Å². The van der Waals surface area contributed by atoms with Gasteiger partial charge in [0, 0.05) is 30.6 Å². The van der Waals surface area contributed by atoms with E-state index in [-0.39, 0.29) is 17.8 Å². The molecule has 1 fully saturated rings. The molecule has 1 heterocycles. The second-order valence-corrected chi connectivity index (χ2v) is 9.52. The molecule has 0 spiro atoms. The van der Waals surface area contributed by atoms with Crippen molar-refractivity contribution in [2.24, 2.45) is 0 Å². The minimum atomic E-state index is -3.33. The zero-order chi connectivity index (χ0) is 18.9. The monoisotopic (exact) mass is 376 g/mol. The van der Waals surface area contributed by atoms with Crippen molar-refractivity contribution in [3.63, 3.8) is 0 Å². The SMILES string of the molecule is CC(C)S(=O)(=O)N[C@H]1CN(C)C[C@@H]1c1ccc(-c2ccccc2F)cc1. The molecule has 4 nitrogen and oxygen atoms in total. The van der Waals surface area contributed by atoms with E-state index in [9.17, 15) is 12.8 Å². The molecule has 0 radical (unpaired) electrons. The van der Waals surface area contributed by atoms with Gasteiger partial charge in [-0.3, -0.25) is 0 Å². The van der Waals surface area contributed by atoms with Crippen molar-refractivity contribution in [3.8, 4) is 11.1 Å². The van der Waals surface area contributed by atoms with Gasteiger partial charge in [0.15, 0.2) is 0 Å². The number of hydrogen-bond donors (Lipinski definition) is 1. The lowest BCUT2D eigenvalue weighted by Gasteiger charge is -2.22. The average Bonchev–Trinajstić information content (AvgIpc) is 2.95. The summed E-state index contributed by atoms with van der Waals surface area (Å²) in [6.07, 6.45) is 0. The van der Waals surface area contributed by atoms with Crippen LogP contribution in [-0.2, 0) is 10.0 Å². The van der Waals surface area contributed by atoms with E-state index < -0.39 is 15.3 Å². The average molecular weight is 376 g/mol. The third-order valence-corrected chi connectivity index (χ3v) is 6.83. The molecule has 1 N–H and O–H groups in total. The molecular weight excluding hydrogens is 351 g/mol. The fourth-order valence-electron chi connectivity index (χ4n) is 3.41. The summed E-state index contributed by atoms with van der Waals surface area (Å²) in [5.41, 5.74) is 2.45. The highest BCUT2D eigenvalue weighted by molar-refractivity contribution is 7.90. The van der Waals surface area contributed by atoms with Crippen LogP contribution < -0.4 is 4.72 Å². The summed E-state index contributed by atoms with van der Waals surface area (Å²) in [5.74, 6) is -0.174. The van der Waals surface area contributed by atoms with E-state index >= 15 is 0 Å². The van der Waals surface area contributed by atoms with E-state index in [2.05, 4.69) is 9.62 Å². The van der Waals surface area contributed by atoms with Crippen LogP contribution in [0.1, 0.15) is 25.3 Å². The molecule has 0 bridgehead atoms. The molecule has 2 atom stereocenters. The highest BCUT2D eigenvalue weighted by Crippen LogP contribution is 2.30. The van der Waals surface area contributed by atoms with E-state index in [1.54, 1.807) is 26.0 Å². The van der Waals surface area contributed by atoms with Crippen molar-refractivity contribution in [2.75, 3.05) is 20.1 Å². The molecule has 140 valence electrons. The first-order chi connectivity index (χ1) is 12.3. The van der Waals surface area contributed by atoms with Gasteiger partial charge in [0.25, 0.3) is 0 Å². The van der Waals surface area contributed by atoms with E-state index in [1.807, 2.05) is 37.4 Å². The van der Waals surface area contributed by atoms with Crippen molar-refractivity contribution in [2.45, 2.75) is 31.1 Å². The third kappa shape index (κ3) is 3.98. The van der Waals surface area contributed by atoms with Crippen LogP contribution in [-0.4, -0.2) is 44.7 Å². The van der Waals surface area contributed by atoms with Crippen LogP contribution in [0.15, 0.2) is 48.5 Å². The second kappa shape index (κ2) is 7.47. The van der Waals surface area contributed by atoms with E-state index in [4.69, 9.17) is 0 Å². The Balaban J connectivity index is 1.84. The third-order valence-electron chi connectivity index (χ3n) is 4.96. The topological polar surface area (TPSA) is 49.4 Å². The van der Waals surface area contributed by atoms with Crippen LogP contribution in [0.25, 0.3) is 11.1 Å². The van der Waals surface area contributed by atoms with Gasteiger partial charge >= 0.3 is 0 Å². The number of benzene rings is 2. The molecule has 0 unspecified atom stereocenters. The minimum Gasteiger partial charge on any atom is -0.304 e.